The lowest BCUT2D eigenvalue weighted by atomic mass is 10.2. The predicted molar refractivity (Wildman–Crippen MR) is 102 cm³/mol. The number of hydrogen-bond acceptors (Lipinski definition) is 4. The van der Waals surface area contributed by atoms with E-state index in [4.69, 9.17) is 4.74 Å². The summed E-state index contributed by atoms with van der Waals surface area (Å²) in [5, 5.41) is 2.68. The quantitative estimate of drug-likeness (QED) is 0.674. The Hall–Kier alpha value is -3.61. The van der Waals surface area contributed by atoms with Crippen molar-refractivity contribution in [2.24, 2.45) is 0 Å². The molecule has 0 aliphatic heterocycles. The van der Waals surface area contributed by atoms with Gasteiger partial charge in [0.15, 0.2) is 0 Å². The highest BCUT2D eigenvalue weighted by Crippen LogP contribution is 2.14. The summed E-state index contributed by atoms with van der Waals surface area (Å²) in [6.45, 7) is 0.0556. The highest BCUT2D eigenvalue weighted by atomic mass is 16.5. The standard InChI is InChI=1S/C20H19N3O4/c1-27-17-9-7-16(8-10-17)21-18(24)14-23-12-11-22(19(25)20(23)26)13-15-5-3-2-4-6-15/h2-12H,13-14H2,1H3,(H,21,24). The van der Waals surface area contributed by atoms with Gasteiger partial charge in [0.25, 0.3) is 0 Å². The van der Waals surface area contributed by atoms with Gasteiger partial charge in [0, 0.05) is 18.1 Å². The number of aromatic nitrogens is 2. The summed E-state index contributed by atoms with van der Waals surface area (Å²) < 4.78 is 7.49. The molecule has 0 unspecified atom stereocenters. The zero-order valence-electron chi connectivity index (χ0n) is 14.8. The Morgan fingerprint density at radius 1 is 0.926 bits per heavy atom. The first-order valence-corrected chi connectivity index (χ1v) is 8.34. The van der Waals surface area contributed by atoms with Crippen molar-refractivity contribution in [2.75, 3.05) is 12.4 Å². The molecular formula is C20H19N3O4. The van der Waals surface area contributed by atoms with E-state index in [1.165, 1.54) is 17.0 Å². The lowest BCUT2D eigenvalue weighted by molar-refractivity contribution is -0.116. The topological polar surface area (TPSA) is 82.3 Å². The van der Waals surface area contributed by atoms with Crippen molar-refractivity contribution < 1.29 is 9.53 Å². The van der Waals surface area contributed by atoms with Crippen LogP contribution in [0.4, 0.5) is 5.69 Å². The van der Waals surface area contributed by atoms with E-state index in [0.717, 1.165) is 10.1 Å². The Kier molecular flexibility index (Phi) is 5.51. The number of rotatable bonds is 6. The summed E-state index contributed by atoms with van der Waals surface area (Å²) >= 11 is 0. The van der Waals surface area contributed by atoms with Crippen molar-refractivity contribution >= 4 is 11.6 Å². The minimum atomic E-state index is -0.738. The number of hydrogen-bond donors (Lipinski definition) is 1. The monoisotopic (exact) mass is 365 g/mol. The number of anilines is 1. The van der Waals surface area contributed by atoms with Crippen molar-refractivity contribution in [3.8, 4) is 5.75 Å². The maximum atomic E-state index is 12.3. The average Bonchev–Trinajstić information content (AvgIpc) is 2.69. The summed E-state index contributed by atoms with van der Waals surface area (Å²) in [5.74, 6) is 0.272. The number of carbonyl (C=O) groups is 1. The molecular weight excluding hydrogens is 346 g/mol. The fourth-order valence-electron chi connectivity index (χ4n) is 2.60. The lowest BCUT2D eigenvalue weighted by Crippen LogP contribution is -2.42. The number of methoxy groups -OCH3 is 1. The van der Waals surface area contributed by atoms with E-state index in [1.807, 2.05) is 30.3 Å². The molecule has 3 aromatic rings. The van der Waals surface area contributed by atoms with Crippen molar-refractivity contribution in [1.29, 1.82) is 0 Å². The van der Waals surface area contributed by atoms with Gasteiger partial charge in [-0.25, -0.2) is 0 Å². The summed E-state index contributed by atoms with van der Waals surface area (Å²) in [6, 6.07) is 16.2. The van der Waals surface area contributed by atoms with Gasteiger partial charge in [-0.2, -0.15) is 0 Å². The third kappa shape index (κ3) is 4.52. The molecule has 0 saturated heterocycles. The Bertz CT molecular complexity index is 1040. The minimum absolute atomic E-state index is 0.244. The van der Waals surface area contributed by atoms with Crippen LogP contribution in [0.25, 0.3) is 0 Å². The van der Waals surface area contributed by atoms with Crippen LogP contribution in [-0.4, -0.2) is 22.2 Å². The molecule has 0 aliphatic carbocycles. The number of nitrogens with one attached hydrogen (secondary N) is 1. The molecule has 1 amide bonds. The van der Waals surface area contributed by atoms with Crippen LogP contribution in [0.3, 0.4) is 0 Å². The highest BCUT2D eigenvalue weighted by Gasteiger charge is 2.09. The van der Waals surface area contributed by atoms with Crippen LogP contribution >= 0.6 is 0 Å². The molecule has 3 rings (SSSR count). The van der Waals surface area contributed by atoms with E-state index in [1.54, 1.807) is 31.4 Å². The maximum absolute atomic E-state index is 12.3. The predicted octanol–water partition coefficient (Wildman–Crippen LogP) is 1.71. The number of ether oxygens (including phenoxy) is 1. The molecule has 0 fully saturated rings. The van der Waals surface area contributed by atoms with Gasteiger partial charge in [-0.15, -0.1) is 0 Å². The van der Waals surface area contributed by atoms with Crippen molar-refractivity contribution in [3.63, 3.8) is 0 Å². The summed E-state index contributed by atoms with van der Waals surface area (Å²) in [4.78, 5) is 36.7. The number of amides is 1. The van der Waals surface area contributed by atoms with Gasteiger partial charge in [0.1, 0.15) is 12.3 Å². The Morgan fingerprint density at radius 2 is 1.56 bits per heavy atom. The van der Waals surface area contributed by atoms with Crippen molar-refractivity contribution in [2.45, 2.75) is 13.1 Å². The van der Waals surface area contributed by atoms with Crippen LogP contribution < -0.4 is 21.2 Å². The van der Waals surface area contributed by atoms with Crippen LogP contribution in [0.15, 0.2) is 76.6 Å². The molecule has 1 N–H and O–H groups in total. The zero-order chi connectivity index (χ0) is 19.2. The minimum Gasteiger partial charge on any atom is -0.497 e. The van der Waals surface area contributed by atoms with E-state index in [-0.39, 0.29) is 6.54 Å². The van der Waals surface area contributed by atoms with Crippen molar-refractivity contribution in [1.82, 2.24) is 9.13 Å². The molecule has 0 spiro atoms. The molecule has 0 bridgehead atoms. The molecule has 0 radical (unpaired) electrons. The molecule has 0 atom stereocenters. The van der Waals surface area contributed by atoms with Crippen LogP contribution in [0.2, 0.25) is 0 Å². The first-order valence-electron chi connectivity index (χ1n) is 8.34. The van der Waals surface area contributed by atoms with Crippen LogP contribution in [0.1, 0.15) is 5.56 Å². The molecule has 138 valence electrons. The van der Waals surface area contributed by atoms with Gasteiger partial charge in [-0.1, -0.05) is 30.3 Å². The second kappa shape index (κ2) is 8.18. The fraction of sp³-hybridized carbons (Fsp3) is 0.150. The van der Waals surface area contributed by atoms with Gasteiger partial charge in [0.05, 0.1) is 13.7 Å². The largest absolute Gasteiger partial charge is 0.497 e. The molecule has 7 heteroatoms. The van der Waals surface area contributed by atoms with E-state index in [9.17, 15) is 14.4 Å². The van der Waals surface area contributed by atoms with Gasteiger partial charge in [-0.3, -0.25) is 19.0 Å². The Balaban J connectivity index is 1.71. The van der Waals surface area contributed by atoms with E-state index in [2.05, 4.69) is 5.32 Å². The maximum Gasteiger partial charge on any atom is 0.316 e. The summed E-state index contributed by atoms with van der Waals surface area (Å²) in [6.07, 6.45) is 2.96. The van der Waals surface area contributed by atoms with Gasteiger partial charge in [0.2, 0.25) is 5.91 Å². The Labute approximate surface area is 155 Å². The number of carbonyl (C=O) groups excluding carboxylic acids is 1. The van der Waals surface area contributed by atoms with Gasteiger partial charge >= 0.3 is 11.1 Å². The van der Waals surface area contributed by atoms with Gasteiger partial charge in [-0.05, 0) is 29.8 Å². The summed E-state index contributed by atoms with van der Waals surface area (Å²) in [5.41, 5.74) is 0.0807. The Morgan fingerprint density at radius 3 is 2.22 bits per heavy atom. The zero-order valence-corrected chi connectivity index (χ0v) is 14.8. The molecule has 0 aliphatic rings. The normalized spacial score (nSPS) is 10.4. The average molecular weight is 365 g/mol. The molecule has 7 nitrogen and oxygen atoms in total. The molecule has 2 aromatic carbocycles. The lowest BCUT2D eigenvalue weighted by Gasteiger charge is -2.10. The van der Waals surface area contributed by atoms with Crippen LogP contribution in [-0.2, 0) is 17.9 Å². The van der Waals surface area contributed by atoms with Crippen molar-refractivity contribution in [3.05, 3.63) is 93.3 Å². The number of benzene rings is 2. The third-order valence-corrected chi connectivity index (χ3v) is 4.01. The number of nitrogens with zero attached hydrogens (tertiary/aromatic N) is 2. The first kappa shape index (κ1) is 18.2. The molecule has 1 aromatic heterocycles. The SMILES string of the molecule is COc1ccc(NC(=O)Cn2ccn(Cc3ccccc3)c(=O)c2=O)cc1. The van der Waals surface area contributed by atoms with Crippen LogP contribution in [0, 0.1) is 0 Å². The smallest absolute Gasteiger partial charge is 0.316 e. The van der Waals surface area contributed by atoms with E-state index >= 15 is 0 Å². The second-order valence-corrected chi connectivity index (χ2v) is 5.93. The second-order valence-electron chi connectivity index (χ2n) is 5.93. The van der Waals surface area contributed by atoms with E-state index < -0.39 is 17.0 Å². The third-order valence-electron chi connectivity index (χ3n) is 4.01. The summed E-state index contributed by atoms with van der Waals surface area (Å²) in [7, 11) is 1.56. The van der Waals surface area contributed by atoms with Crippen LogP contribution in [0.5, 0.6) is 5.75 Å². The fourth-order valence-corrected chi connectivity index (χ4v) is 2.60. The van der Waals surface area contributed by atoms with E-state index in [0.29, 0.717) is 18.0 Å². The molecule has 1 heterocycles. The molecule has 27 heavy (non-hydrogen) atoms. The molecule has 0 saturated carbocycles. The van der Waals surface area contributed by atoms with Gasteiger partial charge < -0.3 is 14.6 Å². The highest BCUT2D eigenvalue weighted by molar-refractivity contribution is 5.90. The first-order chi connectivity index (χ1) is 13.1.